The van der Waals surface area contributed by atoms with Crippen LogP contribution in [0.15, 0.2) is 18.3 Å². The summed E-state index contributed by atoms with van der Waals surface area (Å²) in [6, 6.07) is 3.87. The number of rotatable bonds is 2. The summed E-state index contributed by atoms with van der Waals surface area (Å²) in [4.78, 5) is 6.41. The molecule has 21 heavy (non-hydrogen) atoms. The highest BCUT2D eigenvalue weighted by Crippen LogP contribution is 2.36. The minimum atomic E-state index is -0.741. The summed E-state index contributed by atoms with van der Waals surface area (Å²) in [5, 5.41) is 0. The second-order valence-corrected chi connectivity index (χ2v) is 6.87. The van der Waals surface area contributed by atoms with Gasteiger partial charge in [0.25, 0.3) is 0 Å². The van der Waals surface area contributed by atoms with Crippen LogP contribution >= 0.6 is 0 Å². The Morgan fingerprint density at radius 2 is 1.90 bits per heavy atom. The number of aromatic nitrogens is 1. The van der Waals surface area contributed by atoms with E-state index in [1.165, 1.54) is 0 Å². The van der Waals surface area contributed by atoms with E-state index >= 15 is 0 Å². The monoisotopic (exact) mass is 292 g/mol. The van der Waals surface area contributed by atoms with E-state index in [0.29, 0.717) is 13.0 Å². The molecule has 2 aliphatic heterocycles. The summed E-state index contributed by atoms with van der Waals surface area (Å²) in [5.41, 5.74) is 0.188. The number of hydrogen-bond acceptors (Lipinski definition) is 4. The topological polar surface area (TPSA) is 34.6 Å². The Balaban J connectivity index is 1.74. The molecule has 0 saturated carbocycles. The Kier molecular flexibility index (Phi) is 3.49. The fraction of sp³-hybridized carbons (Fsp3) is 0.667. The second-order valence-electron chi connectivity index (χ2n) is 6.87. The molecule has 4 nitrogen and oxygen atoms in total. The van der Waals surface area contributed by atoms with E-state index in [9.17, 15) is 4.39 Å². The van der Waals surface area contributed by atoms with Crippen molar-refractivity contribution in [2.75, 3.05) is 18.0 Å². The van der Waals surface area contributed by atoms with Crippen molar-refractivity contribution >= 4 is 18.4 Å². The van der Waals surface area contributed by atoms with Gasteiger partial charge in [0.15, 0.2) is 0 Å². The standard InChI is InChI=1S/C15H22BFN2O2/c1-14(2)15(3,4)21-16(20-14)11-5-6-13(18-9-11)19-8-7-12(17)10-19/h5-6,9,12H,7-8,10H2,1-4H3. The molecular weight excluding hydrogens is 270 g/mol. The Bertz CT molecular complexity index is 505. The molecule has 1 atom stereocenters. The molecule has 0 spiro atoms. The lowest BCUT2D eigenvalue weighted by molar-refractivity contribution is 0.00578. The van der Waals surface area contributed by atoms with Gasteiger partial charge >= 0.3 is 7.12 Å². The van der Waals surface area contributed by atoms with Crippen molar-refractivity contribution in [3.63, 3.8) is 0 Å². The van der Waals surface area contributed by atoms with Crippen molar-refractivity contribution in [2.45, 2.75) is 51.5 Å². The van der Waals surface area contributed by atoms with Crippen LogP contribution in [0.5, 0.6) is 0 Å². The fourth-order valence-corrected chi connectivity index (χ4v) is 2.63. The summed E-state index contributed by atoms with van der Waals surface area (Å²) >= 11 is 0. The van der Waals surface area contributed by atoms with Gasteiger partial charge in [0.05, 0.1) is 17.7 Å². The minimum Gasteiger partial charge on any atom is -0.399 e. The van der Waals surface area contributed by atoms with Crippen LogP contribution < -0.4 is 10.4 Å². The van der Waals surface area contributed by atoms with Crippen molar-refractivity contribution in [1.29, 1.82) is 0 Å². The van der Waals surface area contributed by atoms with Crippen LogP contribution in [0.2, 0.25) is 0 Å². The Labute approximate surface area is 125 Å². The smallest absolute Gasteiger partial charge is 0.399 e. The van der Waals surface area contributed by atoms with Crippen LogP contribution in [0, 0.1) is 0 Å². The number of hydrogen-bond donors (Lipinski definition) is 0. The predicted octanol–water partition coefficient (Wildman–Crippen LogP) is 1.93. The lowest BCUT2D eigenvalue weighted by Crippen LogP contribution is -2.41. The fourth-order valence-electron chi connectivity index (χ4n) is 2.63. The van der Waals surface area contributed by atoms with Crippen LogP contribution in [-0.4, -0.2) is 42.6 Å². The molecule has 114 valence electrons. The zero-order valence-electron chi connectivity index (χ0n) is 13.1. The van der Waals surface area contributed by atoms with Crippen LogP contribution in [0.1, 0.15) is 34.1 Å². The molecule has 2 aliphatic rings. The van der Waals surface area contributed by atoms with Gasteiger partial charge in [-0.3, -0.25) is 0 Å². The zero-order chi connectivity index (χ0) is 15.3. The summed E-state index contributed by atoms with van der Waals surface area (Å²) in [5.74, 6) is 0.815. The highest BCUT2D eigenvalue weighted by Gasteiger charge is 2.51. The maximum atomic E-state index is 13.2. The van der Waals surface area contributed by atoms with Gasteiger partial charge < -0.3 is 14.2 Å². The van der Waals surface area contributed by atoms with Crippen LogP contribution in [0.3, 0.4) is 0 Å². The minimum absolute atomic E-state index is 0.354. The third kappa shape index (κ3) is 2.67. The highest BCUT2D eigenvalue weighted by molar-refractivity contribution is 6.62. The summed E-state index contributed by atoms with van der Waals surface area (Å²) < 4.78 is 25.2. The molecule has 6 heteroatoms. The Hall–Kier alpha value is -1.14. The lowest BCUT2D eigenvalue weighted by atomic mass is 9.80. The third-order valence-corrected chi connectivity index (χ3v) is 4.75. The van der Waals surface area contributed by atoms with Crippen molar-refractivity contribution in [3.8, 4) is 0 Å². The van der Waals surface area contributed by atoms with E-state index in [-0.39, 0.29) is 11.2 Å². The maximum absolute atomic E-state index is 13.2. The lowest BCUT2D eigenvalue weighted by Gasteiger charge is -2.32. The first kappa shape index (κ1) is 14.8. The van der Waals surface area contributed by atoms with E-state index in [1.807, 2.05) is 44.7 Å². The van der Waals surface area contributed by atoms with Crippen LogP contribution in [-0.2, 0) is 9.31 Å². The summed E-state index contributed by atoms with van der Waals surface area (Å²) in [6.07, 6.45) is 1.61. The van der Waals surface area contributed by atoms with Gasteiger partial charge in [-0.05, 0) is 40.2 Å². The summed E-state index contributed by atoms with van der Waals surface area (Å²) in [7, 11) is -0.399. The Morgan fingerprint density at radius 3 is 2.38 bits per heavy atom. The number of anilines is 1. The van der Waals surface area contributed by atoms with Crippen LogP contribution in [0.25, 0.3) is 0 Å². The average Bonchev–Trinajstić information content (AvgIpc) is 2.92. The molecule has 0 aliphatic carbocycles. The van der Waals surface area contributed by atoms with Gasteiger partial charge in [-0.15, -0.1) is 0 Å². The van der Waals surface area contributed by atoms with E-state index in [1.54, 1.807) is 6.20 Å². The van der Waals surface area contributed by atoms with Crippen molar-refractivity contribution in [2.24, 2.45) is 0 Å². The second kappa shape index (κ2) is 4.95. The normalized spacial score (nSPS) is 27.4. The SMILES string of the molecule is CC1(C)OB(c2ccc(N3CCC(F)C3)nc2)OC1(C)C. The van der Waals surface area contributed by atoms with Gasteiger partial charge in [0, 0.05) is 18.2 Å². The molecule has 0 radical (unpaired) electrons. The molecule has 0 aromatic carbocycles. The van der Waals surface area contributed by atoms with Gasteiger partial charge in [-0.2, -0.15) is 0 Å². The van der Waals surface area contributed by atoms with Gasteiger partial charge in [0.1, 0.15) is 12.0 Å². The van der Waals surface area contributed by atoms with E-state index in [0.717, 1.165) is 17.8 Å². The molecule has 3 rings (SSSR count). The van der Waals surface area contributed by atoms with E-state index < -0.39 is 13.3 Å². The molecule has 0 bridgehead atoms. The largest absolute Gasteiger partial charge is 0.496 e. The molecule has 1 unspecified atom stereocenters. The van der Waals surface area contributed by atoms with Gasteiger partial charge in [0.2, 0.25) is 0 Å². The molecule has 0 N–H and O–H groups in total. The van der Waals surface area contributed by atoms with Gasteiger partial charge in [-0.1, -0.05) is 6.07 Å². The van der Waals surface area contributed by atoms with Crippen molar-refractivity contribution in [3.05, 3.63) is 18.3 Å². The van der Waals surface area contributed by atoms with Crippen LogP contribution in [0.4, 0.5) is 10.2 Å². The third-order valence-electron chi connectivity index (χ3n) is 4.75. The molecule has 2 saturated heterocycles. The first-order valence-corrected chi connectivity index (χ1v) is 7.49. The highest BCUT2D eigenvalue weighted by atomic mass is 19.1. The van der Waals surface area contributed by atoms with E-state index in [2.05, 4.69) is 4.98 Å². The first-order chi connectivity index (χ1) is 9.78. The Morgan fingerprint density at radius 1 is 1.24 bits per heavy atom. The molecule has 1 aromatic rings. The van der Waals surface area contributed by atoms with Gasteiger partial charge in [-0.25, -0.2) is 9.37 Å². The predicted molar refractivity (Wildman–Crippen MR) is 81.7 cm³/mol. The molecule has 3 heterocycles. The number of pyridine rings is 1. The van der Waals surface area contributed by atoms with E-state index in [4.69, 9.17) is 9.31 Å². The van der Waals surface area contributed by atoms with Crippen molar-refractivity contribution < 1.29 is 13.7 Å². The zero-order valence-corrected chi connectivity index (χ0v) is 13.1. The average molecular weight is 292 g/mol. The first-order valence-electron chi connectivity index (χ1n) is 7.49. The quantitative estimate of drug-likeness (QED) is 0.780. The van der Waals surface area contributed by atoms with Crippen molar-refractivity contribution in [1.82, 2.24) is 4.98 Å². The number of nitrogens with zero attached hydrogens (tertiary/aromatic N) is 2. The molecule has 1 aromatic heterocycles. The molecule has 2 fully saturated rings. The molecule has 0 amide bonds. The number of alkyl halides is 1. The maximum Gasteiger partial charge on any atom is 0.496 e. The number of halogens is 1. The molecular formula is C15H22BFN2O2. The summed E-state index contributed by atoms with van der Waals surface area (Å²) in [6.45, 7) is 9.27.